The summed E-state index contributed by atoms with van der Waals surface area (Å²) in [5.74, 6) is 0. The summed E-state index contributed by atoms with van der Waals surface area (Å²) in [6.45, 7) is 0.250. The van der Waals surface area contributed by atoms with Crippen LogP contribution in [0.5, 0.6) is 0 Å². The van der Waals surface area contributed by atoms with E-state index in [0.29, 0.717) is 0 Å². The van der Waals surface area contributed by atoms with E-state index < -0.39 is 18.5 Å². The summed E-state index contributed by atoms with van der Waals surface area (Å²) in [6, 6.07) is 11.5. The predicted molar refractivity (Wildman–Crippen MR) is 73.8 cm³/mol. The first kappa shape index (κ1) is 13.1. The molecule has 0 bridgehead atoms. The molecule has 2 heterocycles. The zero-order valence-corrected chi connectivity index (χ0v) is 10.9. The van der Waals surface area contributed by atoms with Crippen LogP contribution in [-0.4, -0.2) is 23.9 Å². The Morgan fingerprint density at radius 1 is 1.15 bits per heavy atom. The Morgan fingerprint density at radius 2 is 2.00 bits per heavy atom. The summed E-state index contributed by atoms with van der Waals surface area (Å²) >= 11 is 0. The number of furan rings is 1. The molecular formula is C16H16O4. The molecule has 4 heteroatoms. The van der Waals surface area contributed by atoms with Crippen LogP contribution in [0.3, 0.4) is 0 Å². The van der Waals surface area contributed by atoms with Crippen molar-refractivity contribution in [1.82, 2.24) is 0 Å². The lowest BCUT2D eigenvalue weighted by Gasteiger charge is -2.32. The topological polar surface area (TPSA) is 51.8 Å². The Morgan fingerprint density at radius 3 is 2.75 bits per heavy atom. The third kappa shape index (κ3) is 2.99. The number of aliphatic hydroxyl groups is 1. The summed E-state index contributed by atoms with van der Waals surface area (Å²) in [7, 11) is 0. The van der Waals surface area contributed by atoms with Gasteiger partial charge in [0.2, 0.25) is 0 Å². The highest BCUT2D eigenvalue weighted by molar-refractivity contribution is 5.47. The second-order valence-corrected chi connectivity index (χ2v) is 4.66. The zero-order valence-electron chi connectivity index (χ0n) is 10.9. The number of ether oxygens (including phenoxy) is 2. The molecule has 1 N–H and O–H groups in total. The molecule has 104 valence electrons. The molecule has 3 atom stereocenters. The van der Waals surface area contributed by atoms with Gasteiger partial charge < -0.3 is 19.0 Å². The van der Waals surface area contributed by atoms with Crippen LogP contribution in [0.4, 0.5) is 0 Å². The third-order valence-electron chi connectivity index (χ3n) is 3.17. The highest BCUT2D eigenvalue weighted by atomic mass is 16.7. The van der Waals surface area contributed by atoms with Gasteiger partial charge in [-0.15, -0.1) is 0 Å². The van der Waals surface area contributed by atoms with E-state index in [-0.39, 0.29) is 6.61 Å². The van der Waals surface area contributed by atoms with Crippen molar-refractivity contribution >= 4 is 6.08 Å². The normalized spacial score (nSPS) is 26.9. The van der Waals surface area contributed by atoms with Gasteiger partial charge in [0.15, 0.2) is 6.29 Å². The number of hydrogen-bond acceptors (Lipinski definition) is 4. The van der Waals surface area contributed by atoms with Gasteiger partial charge in [0.25, 0.3) is 0 Å². The Labute approximate surface area is 117 Å². The Bertz CT molecular complexity index is 547. The van der Waals surface area contributed by atoms with Crippen LogP contribution >= 0.6 is 0 Å². The number of benzene rings is 1. The fourth-order valence-corrected chi connectivity index (χ4v) is 2.09. The molecule has 1 aliphatic heterocycles. The Hall–Kier alpha value is -1.88. The van der Waals surface area contributed by atoms with Crippen molar-refractivity contribution in [2.45, 2.75) is 18.5 Å². The van der Waals surface area contributed by atoms with Crippen LogP contribution in [0.15, 0.2) is 59.4 Å². The standard InChI is InChI=1S/C16H16O4/c17-14-11-19-16(13-4-2-1-3-5-13)20-15(14)7-6-12-8-9-18-10-12/h1-10,14-17H,11H2/b7-6+/t14-,15+,16?/m1/s1. The third-order valence-corrected chi connectivity index (χ3v) is 3.17. The number of hydrogen-bond donors (Lipinski definition) is 1. The molecule has 2 aromatic rings. The second-order valence-electron chi connectivity index (χ2n) is 4.66. The first-order valence-electron chi connectivity index (χ1n) is 6.53. The average Bonchev–Trinajstić information content (AvgIpc) is 3.01. The highest BCUT2D eigenvalue weighted by Crippen LogP contribution is 2.27. The highest BCUT2D eigenvalue weighted by Gasteiger charge is 2.29. The zero-order chi connectivity index (χ0) is 13.8. The summed E-state index contributed by atoms with van der Waals surface area (Å²) in [4.78, 5) is 0. The van der Waals surface area contributed by atoms with Crippen molar-refractivity contribution in [3.8, 4) is 0 Å². The molecule has 0 aliphatic carbocycles. The van der Waals surface area contributed by atoms with Crippen molar-refractivity contribution in [2.24, 2.45) is 0 Å². The predicted octanol–water partition coefficient (Wildman–Crippen LogP) is 2.77. The van der Waals surface area contributed by atoms with Crippen LogP contribution in [0.1, 0.15) is 17.4 Å². The molecule has 1 aromatic heterocycles. The van der Waals surface area contributed by atoms with Crippen LogP contribution in [0.25, 0.3) is 6.08 Å². The SMILES string of the molecule is O[C@@H]1COC(c2ccccc2)O[C@H]1/C=C/c1ccoc1. The maximum Gasteiger partial charge on any atom is 0.184 e. The Balaban J connectivity index is 1.70. The number of rotatable bonds is 3. The summed E-state index contributed by atoms with van der Waals surface area (Å²) in [5, 5.41) is 9.94. The van der Waals surface area contributed by atoms with Gasteiger partial charge in [-0.05, 0) is 6.07 Å². The molecule has 1 aromatic carbocycles. The first-order chi connectivity index (χ1) is 9.83. The minimum absolute atomic E-state index is 0.250. The van der Waals surface area contributed by atoms with Crippen LogP contribution in [0.2, 0.25) is 0 Å². The fourth-order valence-electron chi connectivity index (χ4n) is 2.09. The molecule has 0 radical (unpaired) electrons. The molecule has 0 saturated carbocycles. The molecule has 1 aliphatic rings. The molecule has 1 unspecified atom stereocenters. The lowest BCUT2D eigenvalue weighted by molar-refractivity contribution is -0.243. The van der Waals surface area contributed by atoms with Gasteiger partial charge in [-0.1, -0.05) is 42.5 Å². The molecule has 0 amide bonds. The molecule has 4 nitrogen and oxygen atoms in total. The lowest BCUT2D eigenvalue weighted by atomic mass is 10.1. The summed E-state index contributed by atoms with van der Waals surface area (Å²) < 4.78 is 16.3. The van der Waals surface area contributed by atoms with E-state index in [4.69, 9.17) is 13.9 Å². The van der Waals surface area contributed by atoms with Crippen molar-refractivity contribution in [2.75, 3.05) is 6.61 Å². The van der Waals surface area contributed by atoms with Gasteiger partial charge in [-0.3, -0.25) is 0 Å². The van der Waals surface area contributed by atoms with Gasteiger partial charge in [-0.25, -0.2) is 0 Å². The number of aliphatic hydroxyl groups excluding tert-OH is 1. The summed E-state index contributed by atoms with van der Waals surface area (Å²) in [6.07, 6.45) is 5.42. The molecule has 1 saturated heterocycles. The quantitative estimate of drug-likeness (QED) is 0.933. The van der Waals surface area contributed by atoms with E-state index >= 15 is 0 Å². The van der Waals surface area contributed by atoms with Gasteiger partial charge in [0.05, 0.1) is 19.1 Å². The van der Waals surface area contributed by atoms with Crippen LogP contribution in [0, 0.1) is 0 Å². The second kappa shape index (κ2) is 6.05. The van der Waals surface area contributed by atoms with Crippen molar-refractivity contribution in [3.05, 3.63) is 66.1 Å². The lowest BCUT2D eigenvalue weighted by Crippen LogP contribution is -2.39. The van der Waals surface area contributed by atoms with Gasteiger partial charge in [0, 0.05) is 11.1 Å². The van der Waals surface area contributed by atoms with E-state index in [0.717, 1.165) is 11.1 Å². The van der Waals surface area contributed by atoms with Crippen LogP contribution < -0.4 is 0 Å². The molecule has 20 heavy (non-hydrogen) atoms. The molecule has 1 fully saturated rings. The average molecular weight is 272 g/mol. The van der Waals surface area contributed by atoms with E-state index in [1.165, 1.54) is 0 Å². The Kier molecular flexibility index (Phi) is 3.97. The minimum Gasteiger partial charge on any atom is -0.472 e. The van der Waals surface area contributed by atoms with Crippen molar-refractivity contribution in [1.29, 1.82) is 0 Å². The minimum atomic E-state index is -0.668. The van der Waals surface area contributed by atoms with Crippen molar-refractivity contribution < 1.29 is 19.0 Å². The fraction of sp³-hybridized carbons (Fsp3) is 0.250. The monoisotopic (exact) mass is 272 g/mol. The van der Waals surface area contributed by atoms with Crippen molar-refractivity contribution in [3.63, 3.8) is 0 Å². The molecule has 3 rings (SSSR count). The van der Waals surface area contributed by atoms with Gasteiger partial charge in [-0.2, -0.15) is 0 Å². The maximum absolute atomic E-state index is 9.94. The summed E-state index contributed by atoms with van der Waals surface area (Å²) in [5.41, 5.74) is 1.88. The maximum atomic E-state index is 9.94. The van der Waals surface area contributed by atoms with E-state index in [1.54, 1.807) is 12.5 Å². The van der Waals surface area contributed by atoms with Crippen LogP contribution in [-0.2, 0) is 9.47 Å². The van der Waals surface area contributed by atoms with Gasteiger partial charge >= 0.3 is 0 Å². The van der Waals surface area contributed by atoms with Gasteiger partial charge in [0.1, 0.15) is 12.2 Å². The van der Waals surface area contributed by atoms with E-state index in [9.17, 15) is 5.11 Å². The van der Waals surface area contributed by atoms with E-state index in [2.05, 4.69) is 0 Å². The first-order valence-corrected chi connectivity index (χ1v) is 6.53. The van der Waals surface area contributed by atoms with E-state index in [1.807, 2.05) is 48.6 Å². The largest absolute Gasteiger partial charge is 0.472 e. The molecular weight excluding hydrogens is 256 g/mol. The molecule has 0 spiro atoms. The smallest absolute Gasteiger partial charge is 0.184 e.